The lowest BCUT2D eigenvalue weighted by Crippen LogP contribution is -2.47. The summed E-state index contributed by atoms with van der Waals surface area (Å²) in [5.41, 5.74) is 2.22. The van der Waals surface area contributed by atoms with Crippen molar-refractivity contribution in [2.75, 3.05) is 31.1 Å². The Hall–Kier alpha value is -2.35. The van der Waals surface area contributed by atoms with Crippen LogP contribution in [0.2, 0.25) is 0 Å². The molecule has 8 heteroatoms. The van der Waals surface area contributed by atoms with Crippen LogP contribution >= 0.6 is 0 Å². The molecule has 5 rings (SSSR count). The number of nitrogens with zero attached hydrogens (tertiary/aromatic N) is 6. The van der Waals surface area contributed by atoms with Gasteiger partial charge in [-0.15, -0.1) is 0 Å². The fraction of sp³-hybridized carbons (Fsp3) is 0.588. The number of urea groups is 1. The molecular formula is C17H23N7O. The number of anilines is 1. The summed E-state index contributed by atoms with van der Waals surface area (Å²) in [6, 6.07) is 0.364. The van der Waals surface area contributed by atoms with Crippen LogP contribution in [0.15, 0.2) is 18.6 Å². The lowest BCUT2D eigenvalue weighted by atomic mass is 10.1. The van der Waals surface area contributed by atoms with Crippen molar-refractivity contribution in [1.82, 2.24) is 29.5 Å². The summed E-state index contributed by atoms with van der Waals surface area (Å²) >= 11 is 0. The summed E-state index contributed by atoms with van der Waals surface area (Å²) in [4.78, 5) is 20.5. The highest BCUT2D eigenvalue weighted by atomic mass is 16.2. The molecule has 2 saturated heterocycles. The molecule has 5 heterocycles. The van der Waals surface area contributed by atoms with Crippen molar-refractivity contribution in [3.63, 3.8) is 0 Å². The van der Waals surface area contributed by atoms with E-state index in [9.17, 15) is 4.79 Å². The van der Waals surface area contributed by atoms with Crippen molar-refractivity contribution in [3.8, 4) is 0 Å². The van der Waals surface area contributed by atoms with Gasteiger partial charge in [-0.1, -0.05) is 0 Å². The summed E-state index contributed by atoms with van der Waals surface area (Å²) < 4.78 is 4.40. The molecule has 3 aliphatic rings. The minimum atomic E-state index is -0.0275. The molecule has 25 heavy (non-hydrogen) atoms. The molecule has 0 bridgehead atoms. The first-order chi connectivity index (χ1) is 12.3. The van der Waals surface area contributed by atoms with E-state index in [0.29, 0.717) is 19.1 Å². The van der Waals surface area contributed by atoms with Crippen molar-refractivity contribution in [2.24, 2.45) is 0 Å². The maximum atomic E-state index is 11.7. The van der Waals surface area contributed by atoms with E-state index < -0.39 is 0 Å². The Labute approximate surface area is 146 Å². The number of aromatic nitrogens is 4. The van der Waals surface area contributed by atoms with E-state index in [0.717, 1.165) is 38.3 Å². The lowest BCUT2D eigenvalue weighted by molar-refractivity contribution is 0.0880. The smallest absolute Gasteiger partial charge is 0.322 e. The van der Waals surface area contributed by atoms with Gasteiger partial charge in [-0.3, -0.25) is 14.5 Å². The van der Waals surface area contributed by atoms with Gasteiger partial charge in [-0.25, -0.2) is 9.78 Å². The van der Waals surface area contributed by atoms with E-state index in [-0.39, 0.29) is 6.03 Å². The Bertz CT molecular complexity index is 789. The van der Waals surface area contributed by atoms with E-state index in [1.54, 1.807) is 11.1 Å². The number of fused-ring (bicyclic) bond motifs is 1. The number of aryl methyl sites for hydroxylation is 1. The quantitative estimate of drug-likeness (QED) is 0.901. The van der Waals surface area contributed by atoms with Gasteiger partial charge in [0.1, 0.15) is 5.82 Å². The normalized spacial score (nSPS) is 21.3. The number of amides is 2. The summed E-state index contributed by atoms with van der Waals surface area (Å²) in [7, 11) is 0. The van der Waals surface area contributed by atoms with Crippen molar-refractivity contribution in [2.45, 2.75) is 38.4 Å². The number of carbonyl (C=O) groups is 1. The third kappa shape index (κ3) is 2.60. The predicted molar refractivity (Wildman–Crippen MR) is 92.5 cm³/mol. The average molecular weight is 341 g/mol. The SMILES string of the molecule is O=C1NCCN1c1cnn(C2CN(Cc3cnc4n3CCCC4)C2)c1. The number of nitrogens with one attached hydrogen (secondary N) is 1. The molecule has 0 aromatic carbocycles. The monoisotopic (exact) mass is 341 g/mol. The molecule has 0 aliphatic carbocycles. The van der Waals surface area contributed by atoms with Crippen LogP contribution in [0.1, 0.15) is 30.4 Å². The van der Waals surface area contributed by atoms with Crippen molar-refractivity contribution in [1.29, 1.82) is 0 Å². The van der Waals surface area contributed by atoms with Crippen LogP contribution in [-0.2, 0) is 19.5 Å². The minimum absolute atomic E-state index is 0.0275. The molecule has 2 aromatic heterocycles. The zero-order valence-electron chi connectivity index (χ0n) is 14.3. The predicted octanol–water partition coefficient (Wildman–Crippen LogP) is 1.00. The summed E-state index contributed by atoms with van der Waals surface area (Å²) in [6.07, 6.45) is 9.47. The summed E-state index contributed by atoms with van der Waals surface area (Å²) in [5.74, 6) is 1.25. The highest BCUT2D eigenvalue weighted by Crippen LogP contribution is 2.26. The Morgan fingerprint density at radius 2 is 2.12 bits per heavy atom. The third-order valence-corrected chi connectivity index (χ3v) is 5.51. The number of carbonyl (C=O) groups excluding carboxylic acids is 1. The molecule has 0 unspecified atom stereocenters. The highest BCUT2D eigenvalue weighted by molar-refractivity contribution is 5.93. The first-order valence-corrected chi connectivity index (χ1v) is 9.13. The van der Waals surface area contributed by atoms with Gasteiger partial charge in [-0.05, 0) is 12.8 Å². The van der Waals surface area contributed by atoms with Gasteiger partial charge in [0.2, 0.25) is 0 Å². The van der Waals surface area contributed by atoms with Crippen LogP contribution in [0.3, 0.4) is 0 Å². The standard InChI is InChI=1S/C17H23N7O/c25-17-18-4-6-23(17)14-8-20-24(12-14)15-10-21(11-15)9-13-7-19-16-3-1-2-5-22(13)16/h7-8,12,15H,1-6,9-11H2,(H,18,25). The van der Waals surface area contributed by atoms with Gasteiger partial charge >= 0.3 is 6.03 Å². The maximum Gasteiger partial charge on any atom is 0.322 e. The number of rotatable bonds is 4. The summed E-state index contributed by atoms with van der Waals surface area (Å²) in [5, 5.41) is 7.29. The number of hydrogen-bond acceptors (Lipinski definition) is 4. The van der Waals surface area contributed by atoms with Crippen LogP contribution in [0.25, 0.3) is 0 Å². The lowest BCUT2D eigenvalue weighted by Gasteiger charge is -2.39. The Balaban J connectivity index is 1.20. The average Bonchev–Trinajstić information content (AvgIpc) is 3.30. The third-order valence-electron chi connectivity index (χ3n) is 5.51. The Morgan fingerprint density at radius 1 is 1.20 bits per heavy atom. The molecule has 0 atom stereocenters. The van der Waals surface area contributed by atoms with Gasteiger partial charge < -0.3 is 9.88 Å². The van der Waals surface area contributed by atoms with Crippen LogP contribution in [0.5, 0.6) is 0 Å². The Morgan fingerprint density at radius 3 is 2.96 bits per heavy atom. The molecule has 0 spiro atoms. The van der Waals surface area contributed by atoms with Crippen molar-refractivity contribution in [3.05, 3.63) is 30.1 Å². The van der Waals surface area contributed by atoms with Crippen molar-refractivity contribution < 1.29 is 4.79 Å². The van der Waals surface area contributed by atoms with Gasteiger partial charge in [0.15, 0.2) is 0 Å². The molecule has 132 valence electrons. The summed E-state index contributed by atoms with van der Waals surface area (Å²) in [6.45, 7) is 5.49. The van der Waals surface area contributed by atoms with Gasteiger partial charge in [0.05, 0.1) is 23.6 Å². The fourth-order valence-corrected chi connectivity index (χ4v) is 4.06. The molecular weight excluding hydrogens is 318 g/mol. The molecule has 8 nitrogen and oxygen atoms in total. The molecule has 2 fully saturated rings. The molecule has 2 amide bonds. The second-order valence-electron chi connectivity index (χ2n) is 7.18. The van der Waals surface area contributed by atoms with Crippen LogP contribution in [0.4, 0.5) is 10.5 Å². The molecule has 0 saturated carbocycles. The maximum absolute atomic E-state index is 11.7. The first kappa shape index (κ1) is 14.9. The van der Waals surface area contributed by atoms with Crippen LogP contribution < -0.4 is 10.2 Å². The topological polar surface area (TPSA) is 71.2 Å². The number of hydrogen-bond donors (Lipinski definition) is 1. The molecule has 2 aromatic rings. The zero-order valence-corrected chi connectivity index (χ0v) is 14.3. The van der Waals surface area contributed by atoms with Crippen LogP contribution in [-0.4, -0.2) is 56.4 Å². The van der Waals surface area contributed by atoms with E-state index in [1.807, 2.05) is 17.1 Å². The highest BCUT2D eigenvalue weighted by Gasteiger charge is 2.31. The van der Waals surface area contributed by atoms with E-state index in [1.165, 1.54) is 24.4 Å². The second-order valence-corrected chi connectivity index (χ2v) is 7.18. The zero-order chi connectivity index (χ0) is 16.8. The largest absolute Gasteiger partial charge is 0.336 e. The fourth-order valence-electron chi connectivity index (χ4n) is 4.06. The molecule has 0 radical (unpaired) electrons. The molecule has 1 N–H and O–H groups in total. The van der Waals surface area contributed by atoms with Gasteiger partial charge in [-0.2, -0.15) is 5.10 Å². The van der Waals surface area contributed by atoms with E-state index >= 15 is 0 Å². The second kappa shape index (κ2) is 5.87. The van der Waals surface area contributed by atoms with Crippen LogP contribution in [0, 0.1) is 0 Å². The van der Waals surface area contributed by atoms with Gasteiger partial charge in [0.25, 0.3) is 0 Å². The molecule has 3 aliphatic heterocycles. The Kier molecular flexibility index (Phi) is 3.51. The number of imidazole rings is 1. The minimum Gasteiger partial charge on any atom is -0.336 e. The van der Waals surface area contributed by atoms with Crippen molar-refractivity contribution >= 4 is 11.7 Å². The van der Waals surface area contributed by atoms with Gasteiger partial charge in [0, 0.05) is 58.1 Å². The first-order valence-electron chi connectivity index (χ1n) is 9.13. The number of likely N-dealkylation sites (tertiary alicyclic amines) is 1. The van der Waals surface area contributed by atoms with E-state index in [4.69, 9.17) is 0 Å². The van der Waals surface area contributed by atoms with E-state index in [2.05, 4.69) is 24.9 Å².